The molecule has 17 heavy (non-hydrogen) atoms. The predicted molar refractivity (Wildman–Crippen MR) is 67.5 cm³/mol. The first kappa shape index (κ1) is 12.2. The predicted octanol–water partition coefficient (Wildman–Crippen LogP) is 3.76. The Kier molecular flexibility index (Phi) is 3.27. The molecule has 2 nitrogen and oxygen atoms in total. The van der Waals surface area contributed by atoms with Crippen molar-refractivity contribution in [3.8, 4) is 5.75 Å². The van der Waals surface area contributed by atoms with E-state index in [2.05, 4.69) is 13.8 Å². The molecular weight excluding hydrogens is 217 g/mol. The highest BCUT2D eigenvalue weighted by atomic mass is 19.1. The Morgan fingerprint density at radius 2 is 1.94 bits per heavy atom. The fraction of sp³-hybridized carbons (Fsp3) is 0.571. The molecule has 0 amide bonds. The van der Waals surface area contributed by atoms with E-state index < -0.39 is 0 Å². The summed E-state index contributed by atoms with van der Waals surface area (Å²) in [6.07, 6.45) is 4.50. The van der Waals surface area contributed by atoms with Gasteiger partial charge in [-0.05, 0) is 43.2 Å². The Morgan fingerprint density at radius 3 is 2.59 bits per heavy atom. The lowest BCUT2D eigenvalue weighted by Crippen LogP contribution is -2.28. The van der Waals surface area contributed by atoms with Gasteiger partial charge in [-0.3, -0.25) is 0 Å². The van der Waals surface area contributed by atoms with Crippen molar-refractivity contribution in [2.24, 2.45) is 5.41 Å². The summed E-state index contributed by atoms with van der Waals surface area (Å²) in [5, 5.41) is 0. The molecule has 1 saturated carbocycles. The second-order valence-electron chi connectivity index (χ2n) is 5.66. The van der Waals surface area contributed by atoms with Gasteiger partial charge in [0.2, 0.25) is 0 Å². The summed E-state index contributed by atoms with van der Waals surface area (Å²) in [6.45, 7) is 4.56. The van der Waals surface area contributed by atoms with Crippen LogP contribution in [0.2, 0.25) is 0 Å². The van der Waals surface area contributed by atoms with Gasteiger partial charge >= 0.3 is 0 Å². The zero-order valence-electron chi connectivity index (χ0n) is 10.5. The standard InChI is InChI=1S/C14H20FNO/c1-14(2)7-5-11(6-8-14)17-13-9-10(15)3-4-12(13)16/h3-4,9,11H,5-8,16H2,1-2H3. The second-order valence-corrected chi connectivity index (χ2v) is 5.66. The summed E-state index contributed by atoms with van der Waals surface area (Å²) in [6, 6.07) is 4.28. The zero-order chi connectivity index (χ0) is 12.5. The molecule has 1 aliphatic rings. The van der Waals surface area contributed by atoms with Crippen LogP contribution in [-0.4, -0.2) is 6.10 Å². The molecule has 0 bridgehead atoms. The van der Waals surface area contributed by atoms with E-state index in [0.29, 0.717) is 16.9 Å². The van der Waals surface area contributed by atoms with Crippen molar-refractivity contribution in [2.45, 2.75) is 45.6 Å². The van der Waals surface area contributed by atoms with E-state index in [1.807, 2.05) is 0 Å². The summed E-state index contributed by atoms with van der Waals surface area (Å²) in [7, 11) is 0. The Hall–Kier alpha value is -1.25. The van der Waals surface area contributed by atoms with E-state index in [-0.39, 0.29) is 11.9 Å². The second kappa shape index (κ2) is 4.55. The van der Waals surface area contributed by atoms with Gasteiger partial charge in [0.1, 0.15) is 11.6 Å². The molecule has 0 aromatic heterocycles. The third-order valence-electron chi connectivity index (χ3n) is 3.56. The number of rotatable bonds is 2. The van der Waals surface area contributed by atoms with Gasteiger partial charge < -0.3 is 10.5 Å². The number of nitrogens with two attached hydrogens (primary N) is 1. The van der Waals surface area contributed by atoms with E-state index in [9.17, 15) is 4.39 Å². The van der Waals surface area contributed by atoms with Crippen LogP contribution in [0.3, 0.4) is 0 Å². The molecule has 94 valence electrons. The van der Waals surface area contributed by atoms with Gasteiger partial charge in [-0.25, -0.2) is 4.39 Å². The zero-order valence-corrected chi connectivity index (χ0v) is 10.5. The molecule has 2 N–H and O–H groups in total. The van der Waals surface area contributed by atoms with Crippen molar-refractivity contribution in [1.29, 1.82) is 0 Å². The van der Waals surface area contributed by atoms with Crippen LogP contribution in [0.15, 0.2) is 18.2 Å². The number of halogens is 1. The summed E-state index contributed by atoms with van der Waals surface area (Å²) >= 11 is 0. The summed E-state index contributed by atoms with van der Waals surface area (Å²) < 4.78 is 18.9. The Morgan fingerprint density at radius 1 is 1.29 bits per heavy atom. The van der Waals surface area contributed by atoms with Crippen LogP contribution in [-0.2, 0) is 0 Å². The van der Waals surface area contributed by atoms with Crippen molar-refractivity contribution in [2.75, 3.05) is 5.73 Å². The fourth-order valence-electron chi connectivity index (χ4n) is 2.28. The Bertz CT molecular complexity index is 393. The highest BCUT2D eigenvalue weighted by Gasteiger charge is 2.28. The van der Waals surface area contributed by atoms with Crippen LogP contribution in [0, 0.1) is 11.2 Å². The monoisotopic (exact) mass is 237 g/mol. The smallest absolute Gasteiger partial charge is 0.145 e. The normalized spacial score (nSPS) is 20.2. The number of hydrogen-bond donors (Lipinski definition) is 1. The topological polar surface area (TPSA) is 35.2 Å². The molecule has 0 radical (unpaired) electrons. The van der Waals surface area contributed by atoms with E-state index >= 15 is 0 Å². The fourth-order valence-corrected chi connectivity index (χ4v) is 2.28. The lowest BCUT2D eigenvalue weighted by Gasteiger charge is -2.34. The van der Waals surface area contributed by atoms with Gasteiger partial charge in [-0.2, -0.15) is 0 Å². The van der Waals surface area contributed by atoms with Crippen LogP contribution < -0.4 is 10.5 Å². The minimum absolute atomic E-state index is 0.173. The summed E-state index contributed by atoms with van der Waals surface area (Å²) in [5.74, 6) is 0.181. The van der Waals surface area contributed by atoms with Crippen LogP contribution in [0.5, 0.6) is 5.75 Å². The van der Waals surface area contributed by atoms with Gasteiger partial charge in [0, 0.05) is 6.07 Å². The average Bonchev–Trinajstić information content (AvgIpc) is 2.26. The molecule has 0 aliphatic heterocycles. The number of ether oxygens (including phenoxy) is 1. The van der Waals surface area contributed by atoms with E-state index in [0.717, 1.165) is 25.7 Å². The first-order chi connectivity index (χ1) is 7.96. The minimum Gasteiger partial charge on any atom is -0.488 e. The van der Waals surface area contributed by atoms with Gasteiger partial charge in [0.25, 0.3) is 0 Å². The van der Waals surface area contributed by atoms with E-state index in [1.54, 1.807) is 6.07 Å². The van der Waals surface area contributed by atoms with Crippen molar-refractivity contribution < 1.29 is 9.13 Å². The molecule has 1 aliphatic carbocycles. The SMILES string of the molecule is CC1(C)CCC(Oc2cc(F)ccc2N)CC1. The quantitative estimate of drug-likeness (QED) is 0.795. The summed E-state index contributed by atoms with van der Waals surface area (Å²) in [4.78, 5) is 0. The number of hydrogen-bond acceptors (Lipinski definition) is 2. The van der Waals surface area contributed by atoms with E-state index in [4.69, 9.17) is 10.5 Å². The first-order valence-electron chi connectivity index (χ1n) is 6.18. The maximum absolute atomic E-state index is 13.1. The number of nitrogen functional groups attached to an aromatic ring is 1. The molecule has 1 fully saturated rings. The van der Waals surface area contributed by atoms with Crippen molar-refractivity contribution >= 4 is 5.69 Å². The van der Waals surface area contributed by atoms with E-state index in [1.165, 1.54) is 12.1 Å². The lowest BCUT2D eigenvalue weighted by molar-refractivity contribution is 0.0991. The van der Waals surface area contributed by atoms with Crippen molar-refractivity contribution in [1.82, 2.24) is 0 Å². The van der Waals surface area contributed by atoms with Crippen molar-refractivity contribution in [3.63, 3.8) is 0 Å². The molecule has 0 heterocycles. The Labute approximate surface area is 102 Å². The molecule has 2 rings (SSSR count). The number of anilines is 1. The molecule has 1 aromatic rings. The minimum atomic E-state index is -0.301. The van der Waals surface area contributed by atoms with Gasteiger partial charge in [0.05, 0.1) is 11.8 Å². The maximum atomic E-state index is 13.1. The molecule has 0 atom stereocenters. The largest absolute Gasteiger partial charge is 0.488 e. The van der Waals surface area contributed by atoms with Gasteiger partial charge in [-0.1, -0.05) is 13.8 Å². The molecule has 0 unspecified atom stereocenters. The third-order valence-corrected chi connectivity index (χ3v) is 3.56. The molecule has 0 spiro atoms. The molecule has 1 aromatic carbocycles. The van der Waals surface area contributed by atoms with Crippen LogP contribution >= 0.6 is 0 Å². The van der Waals surface area contributed by atoms with Gasteiger partial charge in [0.15, 0.2) is 0 Å². The highest BCUT2D eigenvalue weighted by molar-refractivity contribution is 5.52. The average molecular weight is 237 g/mol. The Balaban J connectivity index is 2.00. The van der Waals surface area contributed by atoms with Crippen LogP contribution in [0.25, 0.3) is 0 Å². The van der Waals surface area contributed by atoms with Gasteiger partial charge in [-0.15, -0.1) is 0 Å². The molecule has 3 heteroatoms. The molecule has 0 saturated heterocycles. The van der Waals surface area contributed by atoms with Crippen LogP contribution in [0.4, 0.5) is 10.1 Å². The highest BCUT2D eigenvalue weighted by Crippen LogP contribution is 2.37. The third kappa shape index (κ3) is 3.11. The summed E-state index contributed by atoms with van der Waals surface area (Å²) in [5.41, 5.74) is 6.69. The first-order valence-corrected chi connectivity index (χ1v) is 6.18. The number of benzene rings is 1. The maximum Gasteiger partial charge on any atom is 0.145 e. The van der Waals surface area contributed by atoms with Crippen LogP contribution in [0.1, 0.15) is 39.5 Å². The van der Waals surface area contributed by atoms with Crippen molar-refractivity contribution in [3.05, 3.63) is 24.0 Å². The lowest BCUT2D eigenvalue weighted by atomic mass is 9.76. The molecular formula is C14H20FNO.